The Hall–Kier alpha value is -1.51. The molecule has 1 aromatic rings. The second kappa shape index (κ2) is 3.76. The van der Waals surface area contributed by atoms with E-state index in [1.165, 1.54) is 0 Å². The average molecular weight is 164 g/mol. The van der Waals surface area contributed by atoms with Crippen LogP contribution >= 0.6 is 0 Å². The zero-order valence-corrected chi connectivity index (χ0v) is 6.79. The number of halogens is 1. The van der Waals surface area contributed by atoms with Crippen molar-refractivity contribution in [3.63, 3.8) is 0 Å². The van der Waals surface area contributed by atoms with Crippen molar-refractivity contribution < 1.29 is 4.39 Å². The number of aromatic nitrogens is 1. The fourth-order valence-corrected chi connectivity index (χ4v) is 0.834. The maximum Gasteiger partial charge on any atom is 0.161 e. The first kappa shape index (κ1) is 8.59. The van der Waals surface area contributed by atoms with Gasteiger partial charge in [-0.2, -0.15) is 0 Å². The second-order valence-corrected chi connectivity index (χ2v) is 2.17. The van der Waals surface area contributed by atoms with Crippen LogP contribution < -0.4 is 0 Å². The van der Waals surface area contributed by atoms with E-state index in [2.05, 4.69) is 16.6 Å². The summed E-state index contributed by atoms with van der Waals surface area (Å²) in [5.74, 6) is -0.142. The van der Waals surface area contributed by atoms with E-state index < -0.39 is 5.83 Å². The largest absolute Gasteiger partial charge is 0.241 e. The molecule has 0 saturated heterocycles. The molecule has 1 aromatic heterocycles. The van der Waals surface area contributed by atoms with Gasteiger partial charge in [-0.3, -0.25) is 0 Å². The predicted molar refractivity (Wildman–Crippen MR) is 48.2 cm³/mol. The molecule has 1 heterocycles. The Morgan fingerprint density at radius 3 is 3.08 bits per heavy atom. The first-order chi connectivity index (χ1) is 5.75. The summed E-state index contributed by atoms with van der Waals surface area (Å²) in [7, 11) is 0. The summed E-state index contributed by atoms with van der Waals surface area (Å²) in [6, 6.07) is 3.24. The van der Waals surface area contributed by atoms with Gasteiger partial charge in [0.05, 0.1) is 5.56 Å². The molecule has 0 unspecified atom stereocenters. The summed E-state index contributed by atoms with van der Waals surface area (Å²) in [5, 5.41) is 0. The van der Waals surface area contributed by atoms with E-state index >= 15 is 0 Å². The summed E-state index contributed by atoms with van der Waals surface area (Å²) < 4.78 is 12.7. The van der Waals surface area contributed by atoms with Crippen molar-refractivity contribution in [2.45, 2.75) is 6.92 Å². The van der Waals surface area contributed by atoms with Crippen molar-refractivity contribution >= 4 is 17.9 Å². The highest BCUT2D eigenvalue weighted by atomic mass is 19.1. The maximum atomic E-state index is 12.7. The Morgan fingerprint density at radius 1 is 1.75 bits per heavy atom. The number of hydrogen-bond acceptors (Lipinski definition) is 2. The van der Waals surface area contributed by atoms with E-state index in [0.29, 0.717) is 11.4 Å². The number of aliphatic imine (C=N–C) groups is 1. The van der Waals surface area contributed by atoms with E-state index in [1.807, 2.05) is 0 Å². The molecule has 0 atom stereocenters. The van der Waals surface area contributed by atoms with Gasteiger partial charge in [-0.25, -0.2) is 14.4 Å². The summed E-state index contributed by atoms with van der Waals surface area (Å²) in [4.78, 5) is 7.78. The lowest BCUT2D eigenvalue weighted by Gasteiger charge is -1.98. The third-order valence-corrected chi connectivity index (χ3v) is 1.33. The minimum atomic E-state index is -0.510. The van der Waals surface area contributed by atoms with Gasteiger partial charge in [0.1, 0.15) is 5.83 Å². The van der Waals surface area contributed by atoms with Crippen LogP contribution in [0.15, 0.2) is 29.9 Å². The molecule has 0 N–H and O–H groups in total. The Balaban J connectivity index is 3.17. The summed E-state index contributed by atoms with van der Waals surface area (Å²) in [6.45, 7) is 4.94. The Labute approximate surface area is 70.5 Å². The average Bonchev–Trinajstić information content (AvgIpc) is 2.05. The first-order valence-electron chi connectivity index (χ1n) is 3.54. The van der Waals surface area contributed by atoms with E-state index in [9.17, 15) is 4.39 Å². The quantitative estimate of drug-likeness (QED) is 0.617. The number of pyridine rings is 1. The fraction of sp³-hybridized carbons (Fsp3) is 0.111. The van der Waals surface area contributed by atoms with E-state index in [1.54, 1.807) is 31.5 Å². The number of hydrogen-bond donors (Lipinski definition) is 0. The van der Waals surface area contributed by atoms with Gasteiger partial charge >= 0.3 is 0 Å². The Morgan fingerprint density at radius 2 is 2.50 bits per heavy atom. The molecule has 0 radical (unpaired) electrons. The summed E-state index contributed by atoms with van der Waals surface area (Å²) >= 11 is 0. The van der Waals surface area contributed by atoms with Crippen LogP contribution in [0.25, 0.3) is 5.83 Å². The first-order valence-corrected chi connectivity index (χ1v) is 3.54. The highest BCUT2D eigenvalue weighted by Crippen LogP contribution is 2.22. The minimum Gasteiger partial charge on any atom is -0.241 e. The molecule has 0 saturated carbocycles. The van der Waals surface area contributed by atoms with Gasteiger partial charge in [0.25, 0.3) is 0 Å². The number of rotatable bonds is 2. The molecule has 0 aromatic carbocycles. The van der Waals surface area contributed by atoms with Crippen LogP contribution in [-0.4, -0.2) is 11.2 Å². The van der Waals surface area contributed by atoms with Crippen molar-refractivity contribution in [2.75, 3.05) is 0 Å². The monoisotopic (exact) mass is 164 g/mol. The molecule has 0 bridgehead atoms. The van der Waals surface area contributed by atoms with Crippen LogP contribution in [-0.2, 0) is 0 Å². The molecule has 0 amide bonds. The normalized spacial score (nSPS) is 10.5. The molecular formula is C9H9FN2. The Bertz CT molecular complexity index is 318. The van der Waals surface area contributed by atoms with Gasteiger partial charge in [-0.1, -0.05) is 6.58 Å². The molecule has 0 spiro atoms. The molecule has 12 heavy (non-hydrogen) atoms. The smallest absolute Gasteiger partial charge is 0.161 e. The standard InChI is InChI=1S/C9H9FN2/c1-3-11-9-8(7(2)10)5-4-6-12-9/h3-6H,2H2,1H3/b11-3-. The van der Waals surface area contributed by atoms with Crippen LogP contribution in [0, 0.1) is 0 Å². The molecule has 3 heteroatoms. The third kappa shape index (κ3) is 1.75. The molecule has 1 rings (SSSR count). The summed E-state index contributed by atoms with van der Waals surface area (Å²) in [6.07, 6.45) is 3.13. The fourth-order valence-electron chi connectivity index (χ4n) is 0.834. The molecule has 62 valence electrons. The van der Waals surface area contributed by atoms with Crippen molar-refractivity contribution in [3.8, 4) is 0 Å². The molecule has 2 nitrogen and oxygen atoms in total. The topological polar surface area (TPSA) is 25.2 Å². The van der Waals surface area contributed by atoms with E-state index in [4.69, 9.17) is 0 Å². The van der Waals surface area contributed by atoms with E-state index in [0.717, 1.165) is 0 Å². The zero-order chi connectivity index (χ0) is 8.97. The molecule has 0 fully saturated rings. The SMILES string of the molecule is C=C(F)c1cccnc1/N=C\C. The molecular weight excluding hydrogens is 155 g/mol. The Kier molecular flexibility index (Phi) is 2.69. The lowest BCUT2D eigenvalue weighted by Crippen LogP contribution is -1.81. The van der Waals surface area contributed by atoms with Crippen LogP contribution in [0.2, 0.25) is 0 Å². The van der Waals surface area contributed by atoms with Crippen molar-refractivity contribution in [3.05, 3.63) is 30.5 Å². The van der Waals surface area contributed by atoms with Crippen LogP contribution in [0.4, 0.5) is 10.2 Å². The third-order valence-electron chi connectivity index (χ3n) is 1.33. The van der Waals surface area contributed by atoms with Crippen molar-refractivity contribution in [1.29, 1.82) is 0 Å². The van der Waals surface area contributed by atoms with Gasteiger partial charge < -0.3 is 0 Å². The van der Waals surface area contributed by atoms with Gasteiger partial charge in [0, 0.05) is 12.4 Å². The number of nitrogens with zero attached hydrogens (tertiary/aromatic N) is 2. The van der Waals surface area contributed by atoms with Crippen LogP contribution in [0.5, 0.6) is 0 Å². The van der Waals surface area contributed by atoms with Crippen LogP contribution in [0.3, 0.4) is 0 Å². The highest BCUT2D eigenvalue weighted by molar-refractivity contribution is 5.69. The van der Waals surface area contributed by atoms with E-state index in [-0.39, 0.29) is 0 Å². The second-order valence-electron chi connectivity index (χ2n) is 2.17. The maximum absolute atomic E-state index is 12.7. The van der Waals surface area contributed by atoms with Gasteiger partial charge in [-0.15, -0.1) is 0 Å². The zero-order valence-electron chi connectivity index (χ0n) is 6.79. The van der Waals surface area contributed by atoms with Gasteiger partial charge in [0.2, 0.25) is 0 Å². The molecule has 0 aliphatic rings. The highest BCUT2D eigenvalue weighted by Gasteiger charge is 2.03. The molecule has 0 aliphatic heterocycles. The predicted octanol–water partition coefficient (Wildman–Crippen LogP) is 2.74. The van der Waals surface area contributed by atoms with Crippen molar-refractivity contribution in [1.82, 2.24) is 4.98 Å². The lowest BCUT2D eigenvalue weighted by molar-refractivity contribution is 0.762. The van der Waals surface area contributed by atoms with Gasteiger partial charge in [0.15, 0.2) is 5.82 Å². The lowest BCUT2D eigenvalue weighted by atomic mass is 10.2. The van der Waals surface area contributed by atoms with Crippen LogP contribution in [0.1, 0.15) is 12.5 Å². The minimum absolute atomic E-state index is 0.343. The van der Waals surface area contributed by atoms with Crippen molar-refractivity contribution in [2.24, 2.45) is 4.99 Å². The molecule has 0 aliphatic carbocycles. The van der Waals surface area contributed by atoms with Gasteiger partial charge in [-0.05, 0) is 19.1 Å². The summed E-state index contributed by atoms with van der Waals surface area (Å²) in [5.41, 5.74) is 0.343.